The zero-order chi connectivity index (χ0) is 31.4. The minimum atomic E-state index is -3.74. The summed E-state index contributed by atoms with van der Waals surface area (Å²) in [4.78, 5) is 20.5. The van der Waals surface area contributed by atoms with Crippen LogP contribution in [-0.4, -0.2) is 95.2 Å². The first kappa shape index (κ1) is 31.8. The highest BCUT2D eigenvalue weighted by Gasteiger charge is 2.34. The molecule has 2 atom stereocenters. The number of sulfone groups is 1. The highest BCUT2D eigenvalue weighted by Crippen LogP contribution is 2.32. The molecule has 236 valence electrons. The standard InChI is InChI=1S/C34H43N3O6S/c1-24-23-36(27-14-16-35(17-15-27)34(38)32-8-6-7-9-33(32)43-5)18-19-37(24)25(2)26-10-12-30(13-11-26)44(39,40)31-21-28(41-3)20-29(22-31)42-4/h6-13,20-22,24-25,27H,14-19,23H2,1-5H3/t24-,25+/m1/s1. The summed E-state index contributed by atoms with van der Waals surface area (Å²) in [5.74, 6) is 1.50. The third-order valence-electron chi connectivity index (χ3n) is 9.12. The van der Waals surface area contributed by atoms with E-state index < -0.39 is 9.84 Å². The minimum Gasteiger partial charge on any atom is -0.497 e. The number of piperazine rings is 1. The molecule has 9 nitrogen and oxygen atoms in total. The van der Waals surface area contributed by atoms with Gasteiger partial charge in [0.05, 0.1) is 36.7 Å². The van der Waals surface area contributed by atoms with E-state index in [0.29, 0.717) is 34.9 Å². The number of benzene rings is 3. The van der Waals surface area contributed by atoms with E-state index in [1.807, 2.05) is 41.3 Å². The van der Waals surface area contributed by atoms with Crippen LogP contribution in [0.3, 0.4) is 0 Å². The molecule has 0 saturated carbocycles. The zero-order valence-electron chi connectivity index (χ0n) is 26.2. The molecule has 2 heterocycles. The van der Waals surface area contributed by atoms with Crippen LogP contribution in [0.4, 0.5) is 0 Å². The van der Waals surface area contributed by atoms with Crippen LogP contribution in [0.15, 0.2) is 76.5 Å². The second-order valence-corrected chi connectivity index (χ2v) is 13.6. The highest BCUT2D eigenvalue weighted by atomic mass is 32.2. The SMILES string of the molecule is COc1cc(OC)cc(S(=O)(=O)c2ccc([C@H](C)N3CCN(C4CCN(C(=O)c5ccccc5OC)CC4)C[C@H]3C)cc2)c1. The van der Waals surface area contributed by atoms with E-state index in [1.165, 1.54) is 26.4 Å². The zero-order valence-corrected chi connectivity index (χ0v) is 27.0. The lowest BCUT2D eigenvalue weighted by molar-refractivity contribution is 0.0135. The summed E-state index contributed by atoms with van der Waals surface area (Å²) < 4.78 is 42.7. The third-order valence-corrected chi connectivity index (χ3v) is 10.9. The van der Waals surface area contributed by atoms with E-state index in [-0.39, 0.29) is 21.7 Å². The van der Waals surface area contributed by atoms with Gasteiger partial charge in [-0.2, -0.15) is 0 Å². The molecular formula is C34H43N3O6S. The smallest absolute Gasteiger partial charge is 0.257 e. The highest BCUT2D eigenvalue weighted by molar-refractivity contribution is 7.91. The number of nitrogens with zero attached hydrogens (tertiary/aromatic N) is 3. The van der Waals surface area contributed by atoms with Gasteiger partial charge in [-0.15, -0.1) is 0 Å². The van der Waals surface area contributed by atoms with E-state index in [4.69, 9.17) is 14.2 Å². The lowest BCUT2D eigenvalue weighted by Crippen LogP contribution is -2.57. The molecule has 0 aromatic heterocycles. The Kier molecular flexibility index (Phi) is 9.82. The molecule has 2 saturated heterocycles. The second kappa shape index (κ2) is 13.6. The molecule has 0 aliphatic carbocycles. The molecule has 2 aliphatic heterocycles. The average molecular weight is 622 g/mol. The van der Waals surface area contributed by atoms with Crippen LogP contribution in [0, 0.1) is 0 Å². The van der Waals surface area contributed by atoms with E-state index >= 15 is 0 Å². The van der Waals surface area contributed by atoms with Gasteiger partial charge in [-0.3, -0.25) is 14.6 Å². The summed E-state index contributed by atoms with van der Waals surface area (Å²) in [5, 5.41) is 0. The number of carbonyl (C=O) groups is 1. The monoisotopic (exact) mass is 621 g/mol. The molecule has 5 rings (SSSR count). The van der Waals surface area contributed by atoms with Crippen molar-refractivity contribution in [2.75, 3.05) is 54.1 Å². The van der Waals surface area contributed by atoms with Crippen molar-refractivity contribution in [2.45, 2.75) is 54.6 Å². The molecule has 10 heteroatoms. The molecule has 0 bridgehead atoms. The van der Waals surface area contributed by atoms with Crippen LogP contribution >= 0.6 is 0 Å². The van der Waals surface area contributed by atoms with Gasteiger partial charge >= 0.3 is 0 Å². The van der Waals surface area contributed by atoms with Gasteiger partial charge in [0.25, 0.3) is 5.91 Å². The molecular weight excluding hydrogens is 578 g/mol. The quantitative estimate of drug-likeness (QED) is 0.333. The fourth-order valence-electron chi connectivity index (χ4n) is 6.52. The predicted octanol–water partition coefficient (Wildman–Crippen LogP) is 4.92. The second-order valence-electron chi connectivity index (χ2n) is 11.6. The first-order valence-corrected chi connectivity index (χ1v) is 16.6. The van der Waals surface area contributed by atoms with Gasteiger partial charge in [0.15, 0.2) is 0 Å². The first-order valence-electron chi connectivity index (χ1n) is 15.2. The Morgan fingerprint density at radius 3 is 2.05 bits per heavy atom. The van der Waals surface area contributed by atoms with Gasteiger partial charge in [0.2, 0.25) is 9.84 Å². The number of ether oxygens (including phenoxy) is 3. The van der Waals surface area contributed by atoms with E-state index in [0.717, 1.165) is 51.1 Å². The van der Waals surface area contributed by atoms with Crippen molar-refractivity contribution in [1.82, 2.24) is 14.7 Å². The van der Waals surface area contributed by atoms with Crippen molar-refractivity contribution in [3.8, 4) is 17.2 Å². The normalized spacial score (nSPS) is 19.4. The lowest BCUT2D eigenvalue weighted by Gasteiger charge is -2.47. The van der Waals surface area contributed by atoms with Crippen LogP contribution < -0.4 is 14.2 Å². The maximum atomic E-state index is 13.4. The van der Waals surface area contributed by atoms with Gasteiger partial charge < -0.3 is 19.1 Å². The third kappa shape index (κ3) is 6.57. The summed E-state index contributed by atoms with van der Waals surface area (Å²) >= 11 is 0. The maximum Gasteiger partial charge on any atom is 0.257 e. The van der Waals surface area contributed by atoms with Gasteiger partial charge in [-0.05, 0) is 68.7 Å². The molecule has 1 amide bonds. The molecule has 3 aromatic carbocycles. The molecule has 0 unspecified atom stereocenters. The van der Waals surface area contributed by atoms with Gasteiger partial charge in [-0.1, -0.05) is 24.3 Å². The Balaban J connectivity index is 1.18. The summed E-state index contributed by atoms with van der Waals surface area (Å²) in [6.45, 7) is 8.77. The number of amides is 1. The van der Waals surface area contributed by atoms with Crippen molar-refractivity contribution in [3.63, 3.8) is 0 Å². The van der Waals surface area contributed by atoms with Crippen LogP contribution in [0.25, 0.3) is 0 Å². The molecule has 2 aliphatic rings. The fraction of sp³-hybridized carbons (Fsp3) is 0.441. The number of piperidine rings is 1. The van der Waals surface area contributed by atoms with Crippen molar-refractivity contribution in [2.24, 2.45) is 0 Å². The average Bonchev–Trinajstić information content (AvgIpc) is 3.07. The number of likely N-dealkylation sites (tertiary alicyclic amines) is 1. The Bertz CT molecular complexity index is 1530. The van der Waals surface area contributed by atoms with Crippen molar-refractivity contribution in [3.05, 3.63) is 77.9 Å². The molecule has 44 heavy (non-hydrogen) atoms. The molecule has 0 N–H and O–H groups in total. The first-order chi connectivity index (χ1) is 21.2. The number of methoxy groups -OCH3 is 3. The fourth-order valence-corrected chi connectivity index (χ4v) is 7.83. The Morgan fingerprint density at radius 1 is 0.818 bits per heavy atom. The Morgan fingerprint density at radius 2 is 1.45 bits per heavy atom. The van der Waals surface area contributed by atoms with Crippen molar-refractivity contribution in [1.29, 1.82) is 0 Å². The number of hydrogen-bond acceptors (Lipinski definition) is 8. The summed E-state index contributed by atoms with van der Waals surface area (Å²) in [6, 6.07) is 20.2. The van der Waals surface area contributed by atoms with E-state index in [2.05, 4.69) is 23.6 Å². The summed E-state index contributed by atoms with van der Waals surface area (Å²) in [6.07, 6.45) is 1.91. The minimum absolute atomic E-state index is 0.0370. The van der Waals surface area contributed by atoms with Crippen LogP contribution in [0.1, 0.15) is 48.7 Å². The van der Waals surface area contributed by atoms with Crippen LogP contribution in [0.5, 0.6) is 17.2 Å². The van der Waals surface area contributed by atoms with Gasteiger partial charge in [0.1, 0.15) is 17.2 Å². The topological polar surface area (TPSA) is 88.6 Å². The number of hydrogen-bond donors (Lipinski definition) is 0. The lowest BCUT2D eigenvalue weighted by atomic mass is 9.98. The predicted molar refractivity (Wildman–Crippen MR) is 170 cm³/mol. The van der Waals surface area contributed by atoms with Crippen LogP contribution in [0.2, 0.25) is 0 Å². The van der Waals surface area contributed by atoms with Crippen LogP contribution in [-0.2, 0) is 9.84 Å². The number of para-hydroxylation sites is 1. The molecule has 2 fully saturated rings. The summed E-state index contributed by atoms with van der Waals surface area (Å²) in [5.41, 5.74) is 1.70. The van der Waals surface area contributed by atoms with Crippen molar-refractivity contribution >= 4 is 15.7 Å². The Hall–Kier alpha value is -3.60. The number of rotatable bonds is 9. The molecule has 0 radical (unpaired) electrons. The molecule has 3 aromatic rings. The van der Waals surface area contributed by atoms with E-state index in [9.17, 15) is 13.2 Å². The molecule has 0 spiro atoms. The Labute approximate surface area is 261 Å². The largest absolute Gasteiger partial charge is 0.497 e. The van der Waals surface area contributed by atoms with E-state index in [1.54, 1.807) is 25.3 Å². The van der Waals surface area contributed by atoms with Crippen molar-refractivity contribution < 1.29 is 27.4 Å². The van der Waals surface area contributed by atoms with Gasteiger partial charge in [-0.25, -0.2) is 8.42 Å². The maximum absolute atomic E-state index is 13.4. The number of carbonyl (C=O) groups excluding carboxylic acids is 1. The van der Waals surface area contributed by atoms with Gasteiger partial charge in [0, 0.05) is 56.9 Å². The summed E-state index contributed by atoms with van der Waals surface area (Å²) in [7, 11) is 0.852.